The molecule has 41 heavy (non-hydrogen) atoms. The molecular formula is C30H38F2N4O4S. The first kappa shape index (κ1) is 29.4. The maximum Gasteiger partial charge on any atom is 0.318 e. The molecule has 3 amide bonds. The molecule has 0 aliphatic carbocycles. The molecule has 0 radical (unpaired) electrons. The van der Waals surface area contributed by atoms with Gasteiger partial charge in [-0.3, -0.25) is 4.79 Å². The minimum absolute atomic E-state index is 0.0472. The first-order valence-electron chi connectivity index (χ1n) is 14.2. The van der Waals surface area contributed by atoms with Crippen molar-refractivity contribution in [1.82, 2.24) is 20.0 Å². The van der Waals surface area contributed by atoms with Gasteiger partial charge in [0.1, 0.15) is 0 Å². The third-order valence-electron chi connectivity index (χ3n) is 8.83. The third kappa shape index (κ3) is 6.89. The second-order valence-electron chi connectivity index (χ2n) is 11.7. The summed E-state index contributed by atoms with van der Waals surface area (Å²) in [6.45, 7) is 2.92. The number of likely N-dealkylation sites (tertiary alicyclic amines) is 3. The van der Waals surface area contributed by atoms with Crippen molar-refractivity contribution in [3.8, 4) is 0 Å². The van der Waals surface area contributed by atoms with E-state index in [-0.39, 0.29) is 35.2 Å². The van der Waals surface area contributed by atoms with Gasteiger partial charge in [-0.25, -0.2) is 22.0 Å². The van der Waals surface area contributed by atoms with Crippen molar-refractivity contribution in [2.24, 2.45) is 5.41 Å². The normalized spacial score (nSPS) is 21.4. The van der Waals surface area contributed by atoms with E-state index in [1.165, 1.54) is 11.2 Å². The van der Waals surface area contributed by atoms with Gasteiger partial charge in [-0.2, -0.15) is 0 Å². The van der Waals surface area contributed by atoms with Crippen molar-refractivity contribution in [3.05, 3.63) is 65.7 Å². The predicted octanol–water partition coefficient (Wildman–Crippen LogP) is 4.09. The second kappa shape index (κ2) is 11.7. The average Bonchev–Trinajstić information content (AvgIpc) is 3.46. The Hall–Kier alpha value is -3.05. The van der Waals surface area contributed by atoms with Crippen LogP contribution in [0, 0.1) is 5.41 Å². The molecule has 0 bridgehead atoms. The van der Waals surface area contributed by atoms with Crippen LogP contribution >= 0.6 is 0 Å². The fourth-order valence-electron chi connectivity index (χ4n) is 6.24. The second-order valence-corrected chi connectivity index (χ2v) is 13.8. The van der Waals surface area contributed by atoms with Gasteiger partial charge in [0.05, 0.1) is 22.9 Å². The molecule has 3 saturated heterocycles. The molecule has 0 unspecified atom stereocenters. The number of amides is 3. The number of carbonyl (C=O) groups excluding carboxylic acids is 2. The summed E-state index contributed by atoms with van der Waals surface area (Å²) < 4.78 is 50.8. The van der Waals surface area contributed by atoms with Gasteiger partial charge < -0.3 is 20.0 Å². The van der Waals surface area contributed by atoms with Crippen LogP contribution in [0.3, 0.4) is 0 Å². The van der Waals surface area contributed by atoms with E-state index in [9.17, 15) is 26.8 Å². The van der Waals surface area contributed by atoms with Crippen LogP contribution in [0.2, 0.25) is 0 Å². The Morgan fingerprint density at radius 2 is 1.61 bits per heavy atom. The number of benzene rings is 2. The fraction of sp³-hybridized carbons (Fsp3) is 0.533. The number of piperidine rings is 1. The molecule has 3 heterocycles. The number of carbonyl (C=O) groups is 2. The van der Waals surface area contributed by atoms with Gasteiger partial charge in [0.15, 0.2) is 9.84 Å². The van der Waals surface area contributed by atoms with Crippen LogP contribution < -0.4 is 5.32 Å². The Kier molecular flexibility index (Phi) is 8.39. The summed E-state index contributed by atoms with van der Waals surface area (Å²) in [5.41, 5.74) is 1.48. The molecule has 8 nitrogen and oxygen atoms in total. The Balaban J connectivity index is 1.14. The lowest BCUT2D eigenvalue weighted by molar-refractivity contribution is -0.138. The van der Waals surface area contributed by atoms with E-state index < -0.39 is 28.3 Å². The predicted molar refractivity (Wildman–Crippen MR) is 151 cm³/mol. The summed E-state index contributed by atoms with van der Waals surface area (Å²) in [6.07, 6.45) is 3.84. The topological polar surface area (TPSA) is 90.0 Å². The monoisotopic (exact) mass is 588 g/mol. The highest BCUT2D eigenvalue weighted by Crippen LogP contribution is 2.42. The number of alkyl halides is 2. The molecule has 1 atom stereocenters. The first-order chi connectivity index (χ1) is 19.4. The number of halogens is 2. The van der Waals surface area contributed by atoms with Gasteiger partial charge in [-0.1, -0.05) is 42.5 Å². The molecule has 2 aromatic carbocycles. The number of hydrogen-bond donors (Lipinski definition) is 1. The Morgan fingerprint density at radius 3 is 2.22 bits per heavy atom. The summed E-state index contributed by atoms with van der Waals surface area (Å²) in [5.74, 6) is -2.67. The van der Waals surface area contributed by atoms with E-state index in [1.54, 1.807) is 24.3 Å². The van der Waals surface area contributed by atoms with Crippen molar-refractivity contribution in [2.75, 3.05) is 45.5 Å². The van der Waals surface area contributed by atoms with Crippen LogP contribution in [-0.4, -0.2) is 86.5 Å². The summed E-state index contributed by atoms with van der Waals surface area (Å²) in [6, 6.07) is 15.5. The van der Waals surface area contributed by atoms with Crippen LogP contribution in [0.25, 0.3) is 0 Å². The molecule has 5 rings (SSSR count). The molecule has 3 aliphatic heterocycles. The van der Waals surface area contributed by atoms with Gasteiger partial charge in [0, 0.05) is 38.9 Å². The van der Waals surface area contributed by atoms with Crippen LogP contribution in [-0.2, 0) is 21.2 Å². The van der Waals surface area contributed by atoms with Crippen molar-refractivity contribution in [3.63, 3.8) is 0 Å². The smallest absolute Gasteiger partial charge is 0.318 e. The fourth-order valence-corrected chi connectivity index (χ4v) is 6.87. The zero-order chi connectivity index (χ0) is 29.3. The number of nitrogens with one attached hydrogen (secondary N) is 1. The zero-order valence-corrected chi connectivity index (χ0v) is 24.2. The van der Waals surface area contributed by atoms with E-state index in [1.807, 2.05) is 35.2 Å². The van der Waals surface area contributed by atoms with Crippen molar-refractivity contribution in [2.45, 2.75) is 55.5 Å². The van der Waals surface area contributed by atoms with Crippen molar-refractivity contribution < 1.29 is 26.8 Å². The van der Waals surface area contributed by atoms with Gasteiger partial charge >= 0.3 is 6.03 Å². The SMILES string of the molecule is CS(=O)(=O)c1ccc(CN2CCC3(CCN(CC[C@H](NC(=O)N4CCC(F)(F)C4)c4ccccc4)CC3)C2=O)cc1. The summed E-state index contributed by atoms with van der Waals surface area (Å²) in [7, 11) is -3.26. The highest BCUT2D eigenvalue weighted by Gasteiger charge is 2.48. The lowest BCUT2D eigenvalue weighted by atomic mass is 9.77. The number of nitrogens with zero attached hydrogens (tertiary/aromatic N) is 3. The third-order valence-corrected chi connectivity index (χ3v) is 9.96. The van der Waals surface area contributed by atoms with Crippen LogP contribution in [0.5, 0.6) is 0 Å². The quantitative estimate of drug-likeness (QED) is 0.502. The van der Waals surface area contributed by atoms with E-state index in [0.29, 0.717) is 19.5 Å². The van der Waals surface area contributed by atoms with Crippen LogP contribution in [0.15, 0.2) is 59.5 Å². The molecular weight excluding hydrogens is 550 g/mol. The van der Waals surface area contributed by atoms with Crippen LogP contribution in [0.1, 0.15) is 49.3 Å². The molecule has 1 spiro atoms. The Morgan fingerprint density at radius 1 is 0.951 bits per heavy atom. The van der Waals surface area contributed by atoms with E-state index >= 15 is 0 Å². The lowest BCUT2D eigenvalue weighted by Crippen LogP contribution is -2.46. The van der Waals surface area contributed by atoms with Gasteiger partial charge in [-0.05, 0) is 62.0 Å². The minimum atomic E-state index is -3.26. The number of urea groups is 1. The van der Waals surface area contributed by atoms with Gasteiger partial charge in [0.25, 0.3) is 5.92 Å². The summed E-state index contributed by atoms with van der Waals surface area (Å²) in [4.78, 5) is 31.9. The van der Waals surface area contributed by atoms with Gasteiger partial charge in [0.2, 0.25) is 5.91 Å². The average molecular weight is 589 g/mol. The number of hydrogen-bond acceptors (Lipinski definition) is 5. The summed E-state index contributed by atoms with van der Waals surface area (Å²) >= 11 is 0. The molecule has 3 aliphatic rings. The van der Waals surface area contributed by atoms with Crippen molar-refractivity contribution >= 4 is 21.8 Å². The van der Waals surface area contributed by atoms with Crippen LogP contribution in [0.4, 0.5) is 13.6 Å². The maximum absolute atomic E-state index is 13.7. The van der Waals surface area contributed by atoms with E-state index in [2.05, 4.69) is 10.2 Å². The zero-order valence-electron chi connectivity index (χ0n) is 23.4. The highest BCUT2D eigenvalue weighted by molar-refractivity contribution is 7.90. The van der Waals surface area contributed by atoms with Gasteiger partial charge in [-0.15, -0.1) is 0 Å². The Labute approximate surface area is 240 Å². The highest BCUT2D eigenvalue weighted by atomic mass is 32.2. The molecule has 222 valence electrons. The van der Waals surface area contributed by atoms with E-state index in [4.69, 9.17) is 0 Å². The first-order valence-corrected chi connectivity index (χ1v) is 16.1. The van der Waals surface area contributed by atoms with E-state index in [0.717, 1.165) is 50.0 Å². The standard InChI is InChI=1S/C30H38F2N4O4S/c1-41(39,40)25-9-7-23(8-10-25)21-35-19-14-29(27(35)37)12-17-34(18-13-29)16-11-26(24-5-3-2-4-6-24)33-28(38)36-20-15-30(31,32)22-36/h2-10,26H,11-22H2,1H3,(H,33,38)/t26-/m0/s1. The summed E-state index contributed by atoms with van der Waals surface area (Å²) in [5, 5.41) is 2.98. The molecule has 2 aromatic rings. The molecule has 3 fully saturated rings. The lowest BCUT2D eigenvalue weighted by Gasteiger charge is -2.38. The largest absolute Gasteiger partial charge is 0.338 e. The number of rotatable bonds is 8. The van der Waals surface area contributed by atoms with Crippen molar-refractivity contribution in [1.29, 1.82) is 0 Å². The molecule has 0 aromatic heterocycles. The molecule has 0 saturated carbocycles. The molecule has 1 N–H and O–H groups in total. The molecule has 11 heteroatoms. The maximum atomic E-state index is 13.7. The minimum Gasteiger partial charge on any atom is -0.338 e. The number of sulfone groups is 1. The Bertz CT molecular complexity index is 1350.